The highest BCUT2D eigenvalue weighted by atomic mass is 32.2. The molecule has 2 rings (SSSR count). The zero-order valence-corrected chi connectivity index (χ0v) is 14.4. The van der Waals surface area contributed by atoms with Crippen LogP contribution in [-0.2, 0) is 18.4 Å². The summed E-state index contributed by atoms with van der Waals surface area (Å²) in [7, 11) is 3.35. The van der Waals surface area contributed by atoms with Crippen molar-refractivity contribution >= 4 is 17.7 Å². The van der Waals surface area contributed by atoms with Gasteiger partial charge in [0.05, 0.1) is 7.11 Å². The monoisotopic (exact) mass is 352 g/mol. The number of hydrogen-bond acceptors (Lipinski definition) is 8. The predicted octanol–water partition coefficient (Wildman–Crippen LogP) is -0.0353. The molecule has 1 heterocycles. The molecule has 0 atom stereocenters. The number of amides is 1. The maximum Gasteiger partial charge on any atom is 0.255 e. The van der Waals surface area contributed by atoms with E-state index in [9.17, 15) is 4.79 Å². The normalized spacial score (nSPS) is 10.6. The van der Waals surface area contributed by atoms with Crippen molar-refractivity contribution in [3.63, 3.8) is 0 Å². The summed E-state index contributed by atoms with van der Waals surface area (Å²) in [4.78, 5) is 10.9. The molecule has 2 aromatic rings. The summed E-state index contributed by atoms with van der Waals surface area (Å²) in [5, 5.41) is 15.3. The second kappa shape index (κ2) is 9.08. The van der Waals surface area contributed by atoms with E-state index in [0.717, 1.165) is 23.0 Å². The number of rotatable bonds is 10. The Morgan fingerprint density at radius 2 is 2.29 bits per heavy atom. The Morgan fingerprint density at radius 1 is 1.46 bits per heavy atom. The summed E-state index contributed by atoms with van der Waals surface area (Å²) >= 11 is 1.56. The lowest BCUT2D eigenvalue weighted by Crippen LogP contribution is -2.22. The van der Waals surface area contributed by atoms with E-state index in [4.69, 9.17) is 15.2 Å². The second-order valence-corrected chi connectivity index (χ2v) is 5.88. The van der Waals surface area contributed by atoms with E-state index in [1.807, 2.05) is 12.1 Å². The van der Waals surface area contributed by atoms with Crippen LogP contribution in [0, 0.1) is 0 Å². The smallest absolute Gasteiger partial charge is 0.255 e. The van der Waals surface area contributed by atoms with E-state index in [1.165, 1.54) is 0 Å². The van der Waals surface area contributed by atoms with Crippen LogP contribution in [-0.4, -0.2) is 52.1 Å². The number of primary amides is 1. The SMILES string of the molecule is COc1cccc(CNCCSc2nnnn2C)c1OCC(N)=O. The largest absolute Gasteiger partial charge is 0.493 e. The molecule has 0 unspecified atom stereocenters. The molecule has 0 aliphatic carbocycles. The van der Waals surface area contributed by atoms with E-state index in [-0.39, 0.29) is 6.61 Å². The number of aromatic nitrogens is 4. The zero-order chi connectivity index (χ0) is 17.4. The molecule has 3 N–H and O–H groups in total. The molecule has 9 nitrogen and oxygen atoms in total. The zero-order valence-electron chi connectivity index (χ0n) is 13.6. The number of hydrogen-bond donors (Lipinski definition) is 2. The molecular weight excluding hydrogens is 332 g/mol. The molecular formula is C14H20N6O3S. The molecule has 0 fully saturated rings. The van der Waals surface area contributed by atoms with Gasteiger partial charge in [0.2, 0.25) is 5.16 Å². The maximum atomic E-state index is 10.9. The van der Waals surface area contributed by atoms with Crippen LogP contribution >= 0.6 is 11.8 Å². The van der Waals surface area contributed by atoms with Crippen molar-refractivity contribution in [3.8, 4) is 11.5 Å². The van der Waals surface area contributed by atoms with Crippen LogP contribution in [0.4, 0.5) is 0 Å². The molecule has 1 amide bonds. The Balaban J connectivity index is 1.86. The van der Waals surface area contributed by atoms with Gasteiger partial charge in [-0.25, -0.2) is 4.68 Å². The Bertz CT molecular complexity index is 678. The molecule has 0 spiro atoms. The number of nitrogens with one attached hydrogen (secondary N) is 1. The van der Waals surface area contributed by atoms with Crippen molar-refractivity contribution in [2.75, 3.05) is 26.0 Å². The van der Waals surface area contributed by atoms with Gasteiger partial charge in [0.1, 0.15) is 0 Å². The fraction of sp³-hybridized carbons (Fsp3) is 0.429. The van der Waals surface area contributed by atoms with Crippen molar-refractivity contribution in [1.82, 2.24) is 25.5 Å². The Morgan fingerprint density at radius 3 is 2.96 bits per heavy atom. The first-order chi connectivity index (χ1) is 11.6. The van der Waals surface area contributed by atoms with Gasteiger partial charge in [0.15, 0.2) is 18.1 Å². The van der Waals surface area contributed by atoms with Crippen LogP contribution < -0.4 is 20.5 Å². The number of methoxy groups -OCH3 is 1. The van der Waals surface area contributed by atoms with E-state index < -0.39 is 5.91 Å². The first-order valence-corrected chi connectivity index (χ1v) is 8.23. The van der Waals surface area contributed by atoms with Gasteiger partial charge in [-0.15, -0.1) is 5.10 Å². The van der Waals surface area contributed by atoms with Crippen LogP contribution in [0.25, 0.3) is 0 Å². The minimum atomic E-state index is -0.534. The van der Waals surface area contributed by atoms with Crippen LogP contribution in [0.15, 0.2) is 23.4 Å². The summed E-state index contributed by atoms with van der Waals surface area (Å²) in [5.74, 6) is 1.37. The molecule has 0 aliphatic heterocycles. The topological polar surface area (TPSA) is 117 Å². The molecule has 1 aromatic heterocycles. The summed E-state index contributed by atoms with van der Waals surface area (Å²) in [6, 6.07) is 5.55. The van der Waals surface area contributed by atoms with Crippen LogP contribution in [0.1, 0.15) is 5.56 Å². The second-order valence-electron chi connectivity index (χ2n) is 4.81. The molecule has 0 aliphatic rings. The van der Waals surface area contributed by atoms with E-state index in [0.29, 0.717) is 18.0 Å². The van der Waals surface area contributed by atoms with E-state index >= 15 is 0 Å². The van der Waals surface area contributed by atoms with Crippen molar-refractivity contribution in [2.24, 2.45) is 12.8 Å². The van der Waals surface area contributed by atoms with Gasteiger partial charge in [-0.1, -0.05) is 23.9 Å². The van der Waals surface area contributed by atoms with Crippen molar-refractivity contribution in [1.29, 1.82) is 0 Å². The molecule has 24 heavy (non-hydrogen) atoms. The molecule has 0 radical (unpaired) electrons. The third kappa shape index (κ3) is 5.10. The predicted molar refractivity (Wildman–Crippen MR) is 88.9 cm³/mol. The number of tetrazole rings is 1. The maximum absolute atomic E-state index is 10.9. The third-order valence-corrected chi connectivity index (χ3v) is 4.06. The average Bonchev–Trinajstić information content (AvgIpc) is 2.97. The molecule has 0 saturated carbocycles. The standard InChI is InChI=1S/C14H20N6O3S/c1-20-14(17-18-19-20)24-7-6-16-8-10-4-3-5-11(22-2)13(10)23-9-12(15)21/h3-5,16H,6-9H2,1-2H3,(H2,15,21). The third-order valence-electron chi connectivity index (χ3n) is 3.05. The first-order valence-electron chi connectivity index (χ1n) is 7.24. The minimum Gasteiger partial charge on any atom is -0.493 e. The highest BCUT2D eigenvalue weighted by molar-refractivity contribution is 7.99. The first kappa shape index (κ1) is 18.0. The lowest BCUT2D eigenvalue weighted by Gasteiger charge is -2.14. The summed E-state index contributed by atoms with van der Waals surface area (Å²) < 4.78 is 12.4. The van der Waals surface area contributed by atoms with Gasteiger partial charge >= 0.3 is 0 Å². The lowest BCUT2D eigenvalue weighted by molar-refractivity contribution is -0.119. The van der Waals surface area contributed by atoms with Gasteiger partial charge in [-0.2, -0.15) is 0 Å². The molecule has 130 valence electrons. The number of thioether (sulfide) groups is 1. The average molecular weight is 352 g/mol. The van der Waals surface area contributed by atoms with Crippen molar-refractivity contribution < 1.29 is 14.3 Å². The number of nitrogens with two attached hydrogens (primary N) is 1. The number of para-hydroxylation sites is 1. The lowest BCUT2D eigenvalue weighted by atomic mass is 10.2. The van der Waals surface area contributed by atoms with Crippen molar-refractivity contribution in [3.05, 3.63) is 23.8 Å². The summed E-state index contributed by atoms with van der Waals surface area (Å²) in [5.41, 5.74) is 6.03. The van der Waals surface area contributed by atoms with E-state index in [1.54, 1.807) is 36.7 Å². The van der Waals surface area contributed by atoms with Gasteiger partial charge in [0, 0.05) is 31.5 Å². The number of nitrogens with zero attached hydrogens (tertiary/aromatic N) is 4. The number of ether oxygens (including phenoxy) is 2. The van der Waals surface area contributed by atoms with Crippen LogP contribution in [0.5, 0.6) is 11.5 Å². The Kier molecular flexibility index (Phi) is 6.82. The summed E-state index contributed by atoms with van der Waals surface area (Å²) in [6.45, 7) is 1.13. The number of benzene rings is 1. The highest BCUT2D eigenvalue weighted by Crippen LogP contribution is 2.31. The van der Waals surface area contributed by atoms with Crippen LogP contribution in [0.2, 0.25) is 0 Å². The van der Waals surface area contributed by atoms with E-state index in [2.05, 4.69) is 20.8 Å². The summed E-state index contributed by atoms with van der Waals surface area (Å²) in [6.07, 6.45) is 0. The van der Waals surface area contributed by atoms with Gasteiger partial charge in [0.25, 0.3) is 5.91 Å². The van der Waals surface area contributed by atoms with Gasteiger partial charge in [-0.05, 0) is 16.5 Å². The molecule has 0 saturated heterocycles. The van der Waals surface area contributed by atoms with Gasteiger partial charge < -0.3 is 20.5 Å². The quantitative estimate of drug-likeness (QED) is 0.452. The highest BCUT2D eigenvalue weighted by Gasteiger charge is 2.11. The van der Waals surface area contributed by atoms with Crippen molar-refractivity contribution in [2.45, 2.75) is 11.7 Å². The Labute approximate surface area is 143 Å². The molecule has 1 aromatic carbocycles. The Hall–Kier alpha value is -2.33. The van der Waals surface area contributed by atoms with Gasteiger partial charge in [-0.3, -0.25) is 4.79 Å². The fourth-order valence-corrected chi connectivity index (χ4v) is 2.70. The minimum absolute atomic E-state index is 0.192. The van der Waals surface area contributed by atoms with Crippen LogP contribution in [0.3, 0.4) is 0 Å². The number of aryl methyl sites for hydroxylation is 1. The number of carbonyl (C=O) groups excluding carboxylic acids is 1. The molecule has 10 heteroatoms. The molecule has 0 bridgehead atoms. The fourth-order valence-electron chi connectivity index (χ4n) is 1.95. The number of carbonyl (C=O) groups is 1.